The number of hydrogen-bond donors (Lipinski definition) is 2. The molecule has 2 heterocycles. The number of phenols is 1. The van der Waals surface area contributed by atoms with Gasteiger partial charge >= 0.3 is 0 Å². The van der Waals surface area contributed by atoms with Crippen LogP contribution in [0.1, 0.15) is 11.3 Å². The summed E-state index contributed by atoms with van der Waals surface area (Å²) in [5.74, 6) is 0.930. The van der Waals surface area contributed by atoms with Gasteiger partial charge in [0, 0.05) is 30.4 Å². The first kappa shape index (κ1) is 11.2. The Balaban J connectivity index is 2.01. The van der Waals surface area contributed by atoms with Gasteiger partial charge in [-0.15, -0.1) is 0 Å². The van der Waals surface area contributed by atoms with Gasteiger partial charge in [-0.05, 0) is 30.7 Å². The SMILES string of the molecule is Oc1cccc(-c2ncc3c(n2)CCNCC3)c1. The second-order valence-electron chi connectivity index (χ2n) is 4.47. The van der Waals surface area contributed by atoms with Gasteiger partial charge < -0.3 is 10.4 Å². The molecule has 0 aliphatic carbocycles. The summed E-state index contributed by atoms with van der Waals surface area (Å²) in [7, 11) is 0. The molecule has 0 atom stereocenters. The number of nitrogens with zero attached hydrogens (tertiary/aromatic N) is 2. The molecule has 0 spiro atoms. The smallest absolute Gasteiger partial charge is 0.159 e. The third kappa shape index (κ3) is 2.19. The first-order chi connectivity index (χ1) is 8.83. The van der Waals surface area contributed by atoms with Crippen molar-refractivity contribution in [3.8, 4) is 17.1 Å². The Bertz CT molecular complexity index is 569. The van der Waals surface area contributed by atoms with Crippen molar-refractivity contribution in [2.45, 2.75) is 12.8 Å². The lowest BCUT2D eigenvalue weighted by Crippen LogP contribution is -2.16. The van der Waals surface area contributed by atoms with Crippen molar-refractivity contribution in [1.82, 2.24) is 15.3 Å². The van der Waals surface area contributed by atoms with Crippen molar-refractivity contribution in [2.75, 3.05) is 13.1 Å². The van der Waals surface area contributed by atoms with Crippen LogP contribution in [0.3, 0.4) is 0 Å². The average Bonchev–Trinajstić information content (AvgIpc) is 2.63. The molecule has 0 amide bonds. The number of phenolic OH excluding ortho intramolecular Hbond substituents is 1. The first-order valence-corrected chi connectivity index (χ1v) is 6.18. The number of rotatable bonds is 1. The van der Waals surface area contributed by atoms with Crippen LogP contribution in [-0.4, -0.2) is 28.2 Å². The molecule has 0 saturated carbocycles. The van der Waals surface area contributed by atoms with Crippen molar-refractivity contribution in [3.63, 3.8) is 0 Å². The number of nitrogens with one attached hydrogen (secondary N) is 1. The van der Waals surface area contributed by atoms with E-state index in [4.69, 9.17) is 0 Å². The maximum Gasteiger partial charge on any atom is 0.159 e. The van der Waals surface area contributed by atoms with Crippen LogP contribution >= 0.6 is 0 Å². The third-order valence-corrected chi connectivity index (χ3v) is 3.17. The molecule has 0 bridgehead atoms. The molecule has 0 saturated heterocycles. The molecule has 92 valence electrons. The highest BCUT2D eigenvalue weighted by molar-refractivity contribution is 5.57. The fourth-order valence-electron chi connectivity index (χ4n) is 2.21. The van der Waals surface area contributed by atoms with E-state index in [9.17, 15) is 5.11 Å². The number of benzene rings is 1. The molecule has 1 aromatic carbocycles. The highest BCUT2D eigenvalue weighted by atomic mass is 16.3. The molecule has 18 heavy (non-hydrogen) atoms. The zero-order chi connectivity index (χ0) is 12.4. The number of aromatic nitrogens is 2. The van der Waals surface area contributed by atoms with Gasteiger partial charge in [-0.3, -0.25) is 0 Å². The van der Waals surface area contributed by atoms with E-state index in [0.29, 0.717) is 5.82 Å². The molecular formula is C14H15N3O. The van der Waals surface area contributed by atoms with E-state index in [-0.39, 0.29) is 5.75 Å². The lowest BCUT2D eigenvalue weighted by molar-refractivity contribution is 0.475. The first-order valence-electron chi connectivity index (χ1n) is 6.18. The molecule has 0 radical (unpaired) electrons. The van der Waals surface area contributed by atoms with Crippen LogP contribution in [-0.2, 0) is 12.8 Å². The minimum Gasteiger partial charge on any atom is -0.508 e. The minimum atomic E-state index is 0.243. The summed E-state index contributed by atoms with van der Waals surface area (Å²) in [4.78, 5) is 9.02. The summed E-state index contributed by atoms with van der Waals surface area (Å²) in [6.07, 6.45) is 3.83. The summed E-state index contributed by atoms with van der Waals surface area (Å²) in [6.45, 7) is 1.95. The molecule has 2 aromatic rings. The Morgan fingerprint density at radius 2 is 2.06 bits per heavy atom. The summed E-state index contributed by atoms with van der Waals surface area (Å²) in [6, 6.07) is 7.06. The quantitative estimate of drug-likeness (QED) is 0.795. The van der Waals surface area contributed by atoms with Gasteiger partial charge in [-0.25, -0.2) is 9.97 Å². The van der Waals surface area contributed by atoms with E-state index >= 15 is 0 Å². The van der Waals surface area contributed by atoms with Crippen molar-refractivity contribution < 1.29 is 5.11 Å². The molecule has 1 aliphatic rings. The number of aromatic hydroxyl groups is 1. The van der Waals surface area contributed by atoms with Crippen molar-refractivity contribution in [3.05, 3.63) is 41.7 Å². The minimum absolute atomic E-state index is 0.243. The van der Waals surface area contributed by atoms with E-state index in [1.165, 1.54) is 5.56 Å². The van der Waals surface area contributed by atoms with Crippen LogP contribution in [0.15, 0.2) is 30.5 Å². The zero-order valence-corrected chi connectivity index (χ0v) is 10.1. The zero-order valence-electron chi connectivity index (χ0n) is 10.1. The molecule has 3 rings (SSSR count). The van der Waals surface area contributed by atoms with Crippen LogP contribution < -0.4 is 5.32 Å². The van der Waals surface area contributed by atoms with Gasteiger partial charge in [0.2, 0.25) is 0 Å². The molecule has 1 aliphatic heterocycles. The van der Waals surface area contributed by atoms with E-state index in [2.05, 4.69) is 15.3 Å². The molecule has 2 N–H and O–H groups in total. The van der Waals surface area contributed by atoms with Crippen LogP contribution in [0.4, 0.5) is 0 Å². The second-order valence-corrected chi connectivity index (χ2v) is 4.47. The summed E-state index contributed by atoms with van der Waals surface area (Å²) < 4.78 is 0. The monoisotopic (exact) mass is 241 g/mol. The highest BCUT2D eigenvalue weighted by Crippen LogP contribution is 2.21. The molecule has 1 aromatic heterocycles. The Morgan fingerprint density at radius 3 is 2.94 bits per heavy atom. The fourth-order valence-corrected chi connectivity index (χ4v) is 2.21. The lowest BCUT2D eigenvalue weighted by atomic mass is 10.1. The average molecular weight is 241 g/mol. The van der Waals surface area contributed by atoms with Gasteiger partial charge in [0.1, 0.15) is 5.75 Å². The predicted octanol–water partition coefficient (Wildman–Crippen LogP) is 1.54. The third-order valence-electron chi connectivity index (χ3n) is 3.17. The van der Waals surface area contributed by atoms with Crippen molar-refractivity contribution in [1.29, 1.82) is 0 Å². The van der Waals surface area contributed by atoms with Crippen LogP contribution in [0, 0.1) is 0 Å². The summed E-state index contributed by atoms with van der Waals surface area (Å²) >= 11 is 0. The molecular weight excluding hydrogens is 226 g/mol. The van der Waals surface area contributed by atoms with E-state index in [1.54, 1.807) is 18.2 Å². The van der Waals surface area contributed by atoms with Gasteiger partial charge in [0.05, 0.1) is 0 Å². The predicted molar refractivity (Wildman–Crippen MR) is 69.4 cm³/mol. The topological polar surface area (TPSA) is 58.0 Å². The molecule has 0 unspecified atom stereocenters. The standard InChI is InChI=1S/C14H15N3O/c18-12-3-1-2-10(8-12)14-16-9-11-4-6-15-7-5-13(11)17-14/h1-3,8-9,15,18H,4-7H2. The maximum absolute atomic E-state index is 9.49. The normalized spacial score (nSPS) is 14.9. The Hall–Kier alpha value is -1.94. The lowest BCUT2D eigenvalue weighted by Gasteiger charge is -2.06. The van der Waals surface area contributed by atoms with Crippen LogP contribution in [0.2, 0.25) is 0 Å². The van der Waals surface area contributed by atoms with E-state index < -0.39 is 0 Å². The largest absolute Gasteiger partial charge is 0.508 e. The summed E-state index contributed by atoms with van der Waals surface area (Å²) in [5, 5.41) is 12.8. The van der Waals surface area contributed by atoms with Gasteiger partial charge in [0.15, 0.2) is 5.82 Å². The van der Waals surface area contributed by atoms with E-state index in [1.807, 2.05) is 12.3 Å². The van der Waals surface area contributed by atoms with Crippen molar-refractivity contribution >= 4 is 0 Å². The Labute approximate surface area is 106 Å². The van der Waals surface area contributed by atoms with Crippen LogP contribution in [0.25, 0.3) is 11.4 Å². The highest BCUT2D eigenvalue weighted by Gasteiger charge is 2.11. The Morgan fingerprint density at radius 1 is 1.17 bits per heavy atom. The Kier molecular flexibility index (Phi) is 2.94. The molecule has 4 nitrogen and oxygen atoms in total. The number of hydrogen-bond acceptors (Lipinski definition) is 4. The summed E-state index contributed by atoms with van der Waals surface area (Å²) in [5.41, 5.74) is 3.20. The maximum atomic E-state index is 9.49. The molecule has 4 heteroatoms. The van der Waals surface area contributed by atoms with Gasteiger partial charge in [-0.1, -0.05) is 12.1 Å². The van der Waals surface area contributed by atoms with Crippen molar-refractivity contribution in [2.24, 2.45) is 0 Å². The number of fused-ring (bicyclic) bond motifs is 1. The van der Waals surface area contributed by atoms with Gasteiger partial charge in [0.25, 0.3) is 0 Å². The molecule has 0 fully saturated rings. The van der Waals surface area contributed by atoms with Gasteiger partial charge in [-0.2, -0.15) is 0 Å². The second kappa shape index (κ2) is 4.74. The fraction of sp³-hybridized carbons (Fsp3) is 0.286. The van der Waals surface area contributed by atoms with E-state index in [0.717, 1.165) is 37.2 Å². The van der Waals surface area contributed by atoms with Crippen LogP contribution in [0.5, 0.6) is 5.75 Å².